The maximum absolute atomic E-state index is 5.04. The predicted molar refractivity (Wildman–Crippen MR) is 71.1 cm³/mol. The average molecular weight is 252 g/mol. The van der Waals surface area contributed by atoms with Gasteiger partial charge in [0, 0.05) is 30.2 Å². The third-order valence-corrected chi connectivity index (χ3v) is 2.72. The Hall–Kier alpha value is -2.69. The summed E-state index contributed by atoms with van der Waals surface area (Å²) in [5, 5.41) is 0. The summed E-state index contributed by atoms with van der Waals surface area (Å²) in [4.78, 5) is 12.7. The molecule has 0 unspecified atom stereocenters. The zero-order valence-corrected chi connectivity index (χ0v) is 10.4. The molecule has 19 heavy (non-hydrogen) atoms. The maximum Gasteiger partial charge on any atom is 0.318 e. The number of imidazole rings is 1. The van der Waals surface area contributed by atoms with Crippen molar-refractivity contribution in [1.82, 2.24) is 19.5 Å². The summed E-state index contributed by atoms with van der Waals surface area (Å²) in [6.07, 6.45) is 5.27. The van der Waals surface area contributed by atoms with E-state index in [2.05, 4.69) is 15.0 Å². The first-order valence-corrected chi connectivity index (χ1v) is 5.84. The Morgan fingerprint density at radius 1 is 1.00 bits per heavy atom. The molecule has 3 aromatic rings. The molecule has 5 nitrogen and oxygen atoms in total. The van der Waals surface area contributed by atoms with Crippen LogP contribution < -0.4 is 4.74 Å². The smallest absolute Gasteiger partial charge is 0.318 e. The fraction of sp³-hybridized carbons (Fsp3) is 0.0714. The van der Waals surface area contributed by atoms with E-state index in [9.17, 15) is 0 Å². The molecular weight excluding hydrogens is 240 g/mol. The molecule has 0 radical (unpaired) electrons. The molecule has 5 heteroatoms. The highest BCUT2D eigenvalue weighted by atomic mass is 16.5. The molecule has 0 N–H and O–H groups in total. The summed E-state index contributed by atoms with van der Waals surface area (Å²) < 4.78 is 6.94. The van der Waals surface area contributed by atoms with E-state index in [4.69, 9.17) is 4.74 Å². The molecule has 2 aromatic heterocycles. The van der Waals surface area contributed by atoms with Crippen LogP contribution in [0, 0.1) is 0 Å². The molecule has 2 heterocycles. The maximum atomic E-state index is 5.04. The van der Waals surface area contributed by atoms with Crippen molar-refractivity contribution in [3.8, 4) is 23.2 Å². The second kappa shape index (κ2) is 4.89. The average Bonchev–Trinajstić information content (AvgIpc) is 2.98. The van der Waals surface area contributed by atoms with Gasteiger partial charge in [-0.05, 0) is 0 Å². The van der Waals surface area contributed by atoms with E-state index in [1.54, 1.807) is 19.5 Å². The minimum absolute atomic E-state index is 0.338. The van der Waals surface area contributed by atoms with E-state index < -0.39 is 0 Å². The molecule has 94 valence electrons. The number of methoxy groups -OCH3 is 1. The summed E-state index contributed by atoms with van der Waals surface area (Å²) >= 11 is 0. The van der Waals surface area contributed by atoms with E-state index in [0.717, 1.165) is 17.2 Å². The van der Waals surface area contributed by atoms with Crippen LogP contribution >= 0.6 is 0 Å². The number of ether oxygens (including phenoxy) is 1. The van der Waals surface area contributed by atoms with Gasteiger partial charge < -0.3 is 4.74 Å². The van der Waals surface area contributed by atoms with Crippen molar-refractivity contribution < 1.29 is 4.74 Å². The Morgan fingerprint density at radius 2 is 1.84 bits per heavy atom. The normalized spacial score (nSPS) is 10.4. The van der Waals surface area contributed by atoms with Gasteiger partial charge in [-0.25, -0.2) is 9.97 Å². The van der Waals surface area contributed by atoms with Gasteiger partial charge in [0.25, 0.3) is 0 Å². The fourth-order valence-electron chi connectivity index (χ4n) is 1.85. The number of rotatable bonds is 3. The fourth-order valence-corrected chi connectivity index (χ4v) is 1.85. The summed E-state index contributed by atoms with van der Waals surface area (Å²) in [6.45, 7) is 0. The first-order valence-electron chi connectivity index (χ1n) is 5.84. The van der Waals surface area contributed by atoms with Crippen LogP contribution in [0.25, 0.3) is 17.2 Å². The predicted octanol–water partition coefficient (Wildman–Crippen LogP) is 2.34. The lowest BCUT2D eigenvalue weighted by Gasteiger charge is -2.07. The van der Waals surface area contributed by atoms with Crippen LogP contribution in [0.4, 0.5) is 0 Å². The number of nitrogens with zero attached hydrogens (tertiary/aromatic N) is 4. The molecule has 0 saturated carbocycles. The van der Waals surface area contributed by atoms with Crippen molar-refractivity contribution in [1.29, 1.82) is 0 Å². The van der Waals surface area contributed by atoms with Gasteiger partial charge >= 0.3 is 6.01 Å². The van der Waals surface area contributed by atoms with E-state index in [1.807, 2.05) is 47.2 Å². The third-order valence-electron chi connectivity index (χ3n) is 2.72. The van der Waals surface area contributed by atoms with Gasteiger partial charge in [-0.2, -0.15) is 4.98 Å². The van der Waals surface area contributed by atoms with Crippen LogP contribution in [0.3, 0.4) is 0 Å². The number of hydrogen-bond acceptors (Lipinski definition) is 4. The summed E-state index contributed by atoms with van der Waals surface area (Å²) in [5.41, 5.74) is 1.03. The van der Waals surface area contributed by atoms with Crippen LogP contribution in [0.1, 0.15) is 0 Å². The Kier molecular flexibility index (Phi) is 2.94. The third kappa shape index (κ3) is 2.18. The molecule has 3 rings (SSSR count). The zero-order chi connectivity index (χ0) is 13.1. The molecule has 0 amide bonds. The molecule has 1 aromatic carbocycles. The summed E-state index contributed by atoms with van der Waals surface area (Å²) in [6, 6.07) is 12.1. The first kappa shape index (κ1) is 11.4. The Balaban J connectivity index is 2.09. The highest BCUT2D eigenvalue weighted by Crippen LogP contribution is 2.20. The molecule has 0 spiro atoms. The molecule has 0 bridgehead atoms. The SMILES string of the molecule is COc1nccc(-n2ccnc2-c2ccccc2)n1. The van der Waals surface area contributed by atoms with Crippen LogP contribution in [0.2, 0.25) is 0 Å². The number of benzene rings is 1. The second-order valence-electron chi connectivity index (χ2n) is 3.89. The standard InChI is InChI=1S/C14H12N4O/c1-19-14-16-8-7-12(17-14)18-10-9-15-13(18)11-5-3-2-4-6-11/h2-10H,1H3. The zero-order valence-electron chi connectivity index (χ0n) is 10.4. The van der Waals surface area contributed by atoms with Crippen LogP contribution in [-0.4, -0.2) is 26.6 Å². The van der Waals surface area contributed by atoms with Gasteiger partial charge in [0.05, 0.1) is 7.11 Å². The van der Waals surface area contributed by atoms with Crippen molar-refractivity contribution in [2.24, 2.45) is 0 Å². The molecule has 0 aliphatic heterocycles. The van der Waals surface area contributed by atoms with Crippen LogP contribution in [-0.2, 0) is 0 Å². The number of hydrogen-bond donors (Lipinski definition) is 0. The van der Waals surface area contributed by atoms with Gasteiger partial charge in [0.2, 0.25) is 0 Å². The molecule has 0 atom stereocenters. The Morgan fingerprint density at radius 3 is 2.63 bits per heavy atom. The Bertz CT molecular complexity index is 679. The highest BCUT2D eigenvalue weighted by molar-refractivity contribution is 5.57. The molecule has 0 fully saturated rings. The van der Waals surface area contributed by atoms with Crippen molar-refractivity contribution in [3.63, 3.8) is 0 Å². The Labute approximate surface area is 110 Å². The van der Waals surface area contributed by atoms with Crippen molar-refractivity contribution in [2.75, 3.05) is 7.11 Å². The number of aromatic nitrogens is 4. The second-order valence-corrected chi connectivity index (χ2v) is 3.89. The van der Waals surface area contributed by atoms with E-state index in [0.29, 0.717) is 6.01 Å². The summed E-state index contributed by atoms with van der Waals surface area (Å²) in [5.74, 6) is 1.56. The largest absolute Gasteiger partial charge is 0.467 e. The highest BCUT2D eigenvalue weighted by Gasteiger charge is 2.09. The van der Waals surface area contributed by atoms with E-state index in [1.165, 1.54) is 0 Å². The van der Waals surface area contributed by atoms with Gasteiger partial charge in [-0.1, -0.05) is 30.3 Å². The van der Waals surface area contributed by atoms with Crippen molar-refractivity contribution in [2.45, 2.75) is 0 Å². The van der Waals surface area contributed by atoms with Crippen molar-refractivity contribution in [3.05, 3.63) is 55.0 Å². The van der Waals surface area contributed by atoms with Gasteiger partial charge in [-0.15, -0.1) is 0 Å². The van der Waals surface area contributed by atoms with Crippen molar-refractivity contribution >= 4 is 0 Å². The lowest BCUT2D eigenvalue weighted by Crippen LogP contribution is -2.01. The monoisotopic (exact) mass is 252 g/mol. The minimum Gasteiger partial charge on any atom is -0.467 e. The summed E-state index contributed by atoms with van der Waals surface area (Å²) in [7, 11) is 1.55. The molecule has 0 saturated heterocycles. The van der Waals surface area contributed by atoms with Gasteiger partial charge in [0.1, 0.15) is 11.6 Å². The molecule has 0 aliphatic rings. The molecule has 0 aliphatic carbocycles. The minimum atomic E-state index is 0.338. The lowest BCUT2D eigenvalue weighted by atomic mass is 10.2. The lowest BCUT2D eigenvalue weighted by molar-refractivity contribution is 0.379. The topological polar surface area (TPSA) is 52.8 Å². The van der Waals surface area contributed by atoms with E-state index >= 15 is 0 Å². The van der Waals surface area contributed by atoms with E-state index in [-0.39, 0.29) is 0 Å². The first-order chi connectivity index (χ1) is 9.38. The quantitative estimate of drug-likeness (QED) is 0.718. The van der Waals surface area contributed by atoms with Gasteiger partial charge in [-0.3, -0.25) is 4.57 Å². The van der Waals surface area contributed by atoms with Crippen LogP contribution in [0.15, 0.2) is 55.0 Å². The van der Waals surface area contributed by atoms with Gasteiger partial charge in [0.15, 0.2) is 0 Å². The van der Waals surface area contributed by atoms with Crippen LogP contribution in [0.5, 0.6) is 6.01 Å². The molecular formula is C14H12N4O.